The van der Waals surface area contributed by atoms with Crippen molar-refractivity contribution < 1.29 is 9.53 Å². The van der Waals surface area contributed by atoms with E-state index in [4.69, 9.17) is 4.74 Å². The van der Waals surface area contributed by atoms with E-state index in [1.165, 1.54) is 6.33 Å². The highest BCUT2D eigenvalue weighted by molar-refractivity contribution is 5.94. The van der Waals surface area contributed by atoms with Crippen LogP contribution in [-0.4, -0.2) is 71.1 Å². The standard InChI is InChI=1S/C20H25N5O2/c1-24-8-9-25(13-20(24)6-10-27-14-20)19(26)17-4-2-3-16(11-17)12-22-18-5-7-21-15-23-18/h2-5,7,11,15H,6,8-10,12-14H2,1H3,(H,21,22,23)/t20-/m1/s1. The van der Waals surface area contributed by atoms with Gasteiger partial charge in [0.2, 0.25) is 0 Å². The molecule has 0 unspecified atom stereocenters. The van der Waals surface area contributed by atoms with Crippen LogP contribution in [0.4, 0.5) is 5.82 Å². The van der Waals surface area contributed by atoms with Crippen molar-refractivity contribution >= 4 is 11.7 Å². The van der Waals surface area contributed by atoms with E-state index in [2.05, 4.69) is 27.2 Å². The molecule has 1 atom stereocenters. The summed E-state index contributed by atoms with van der Waals surface area (Å²) in [6.07, 6.45) is 4.19. The molecule has 1 N–H and O–H groups in total. The number of amides is 1. The van der Waals surface area contributed by atoms with Gasteiger partial charge in [0.25, 0.3) is 5.91 Å². The number of carbonyl (C=O) groups excluding carboxylic acids is 1. The molecule has 7 heteroatoms. The highest BCUT2D eigenvalue weighted by Gasteiger charge is 2.44. The monoisotopic (exact) mass is 367 g/mol. The number of nitrogens with one attached hydrogen (secondary N) is 1. The Balaban J connectivity index is 1.44. The van der Waals surface area contributed by atoms with E-state index in [0.717, 1.165) is 49.6 Å². The molecule has 27 heavy (non-hydrogen) atoms. The Bertz CT molecular complexity index is 792. The molecule has 4 rings (SSSR count). The molecular weight excluding hydrogens is 342 g/mol. The maximum Gasteiger partial charge on any atom is 0.253 e. The van der Waals surface area contributed by atoms with Crippen LogP contribution in [0.3, 0.4) is 0 Å². The van der Waals surface area contributed by atoms with Crippen LogP contribution in [-0.2, 0) is 11.3 Å². The van der Waals surface area contributed by atoms with Gasteiger partial charge < -0.3 is 15.0 Å². The zero-order valence-corrected chi connectivity index (χ0v) is 15.6. The molecule has 1 spiro atoms. The molecule has 2 aromatic rings. The van der Waals surface area contributed by atoms with Crippen molar-refractivity contribution in [1.82, 2.24) is 19.8 Å². The Hall–Kier alpha value is -2.51. The summed E-state index contributed by atoms with van der Waals surface area (Å²) in [6.45, 7) is 4.45. The summed E-state index contributed by atoms with van der Waals surface area (Å²) in [6, 6.07) is 9.64. The Labute approximate surface area is 159 Å². The summed E-state index contributed by atoms with van der Waals surface area (Å²) >= 11 is 0. The third-order valence-electron chi connectivity index (χ3n) is 5.60. The van der Waals surface area contributed by atoms with E-state index in [1.54, 1.807) is 6.20 Å². The molecule has 2 aliphatic heterocycles. The Morgan fingerprint density at radius 3 is 3.04 bits per heavy atom. The van der Waals surface area contributed by atoms with E-state index in [1.807, 2.05) is 35.2 Å². The van der Waals surface area contributed by atoms with Crippen LogP contribution in [0.25, 0.3) is 0 Å². The van der Waals surface area contributed by atoms with E-state index in [0.29, 0.717) is 13.2 Å². The topological polar surface area (TPSA) is 70.6 Å². The number of hydrogen-bond acceptors (Lipinski definition) is 6. The molecule has 0 bridgehead atoms. The largest absolute Gasteiger partial charge is 0.379 e. The Morgan fingerprint density at radius 2 is 2.26 bits per heavy atom. The van der Waals surface area contributed by atoms with Crippen molar-refractivity contribution in [2.75, 3.05) is 45.2 Å². The van der Waals surface area contributed by atoms with Crippen LogP contribution in [0.15, 0.2) is 42.9 Å². The molecule has 2 fully saturated rings. The molecule has 0 radical (unpaired) electrons. The first-order valence-corrected chi connectivity index (χ1v) is 9.33. The molecule has 1 aromatic carbocycles. The van der Waals surface area contributed by atoms with Crippen LogP contribution < -0.4 is 5.32 Å². The lowest BCUT2D eigenvalue weighted by atomic mass is 9.93. The fourth-order valence-corrected chi connectivity index (χ4v) is 3.84. The van der Waals surface area contributed by atoms with Gasteiger partial charge in [0, 0.05) is 44.5 Å². The Morgan fingerprint density at radius 1 is 1.33 bits per heavy atom. The average Bonchev–Trinajstić information content (AvgIpc) is 3.18. The van der Waals surface area contributed by atoms with Crippen LogP contribution in [0, 0.1) is 0 Å². The second-order valence-corrected chi connectivity index (χ2v) is 7.32. The minimum Gasteiger partial charge on any atom is -0.379 e. The maximum atomic E-state index is 13.1. The molecular formula is C20H25N5O2. The van der Waals surface area contributed by atoms with E-state index in [9.17, 15) is 4.79 Å². The smallest absolute Gasteiger partial charge is 0.253 e. The molecule has 142 valence electrons. The van der Waals surface area contributed by atoms with Crippen molar-refractivity contribution in [3.63, 3.8) is 0 Å². The summed E-state index contributed by atoms with van der Waals surface area (Å²) in [5.41, 5.74) is 1.75. The number of benzene rings is 1. The van der Waals surface area contributed by atoms with Crippen LogP contribution in [0.2, 0.25) is 0 Å². The van der Waals surface area contributed by atoms with Gasteiger partial charge >= 0.3 is 0 Å². The summed E-state index contributed by atoms with van der Waals surface area (Å²) in [5, 5.41) is 3.25. The number of carbonyl (C=O) groups is 1. The number of ether oxygens (including phenoxy) is 1. The van der Waals surface area contributed by atoms with E-state index < -0.39 is 0 Å². The van der Waals surface area contributed by atoms with Crippen molar-refractivity contribution in [2.45, 2.75) is 18.5 Å². The molecule has 0 aliphatic carbocycles. The third kappa shape index (κ3) is 3.79. The van der Waals surface area contributed by atoms with Crippen LogP contribution >= 0.6 is 0 Å². The molecule has 3 heterocycles. The van der Waals surface area contributed by atoms with E-state index in [-0.39, 0.29) is 11.4 Å². The number of rotatable bonds is 4. The van der Waals surface area contributed by atoms with Crippen molar-refractivity contribution in [2.24, 2.45) is 0 Å². The number of nitrogens with zero attached hydrogens (tertiary/aromatic N) is 4. The minimum atomic E-state index is -0.0277. The Kier molecular flexibility index (Phi) is 5.05. The van der Waals surface area contributed by atoms with E-state index >= 15 is 0 Å². The molecule has 1 amide bonds. The fraction of sp³-hybridized carbons (Fsp3) is 0.450. The fourth-order valence-electron chi connectivity index (χ4n) is 3.84. The third-order valence-corrected chi connectivity index (χ3v) is 5.60. The van der Waals surface area contributed by atoms with Crippen molar-refractivity contribution in [3.8, 4) is 0 Å². The number of likely N-dealkylation sites (N-methyl/N-ethyl adjacent to an activating group) is 1. The summed E-state index contributed by atoms with van der Waals surface area (Å²) in [7, 11) is 2.13. The minimum absolute atomic E-state index is 0.0277. The summed E-state index contributed by atoms with van der Waals surface area (Å²) < 4.78 is 5.64. The highest BCUT2D eigenvalue weighted by Crippen LogP contribution is 2.29. The van der Waals surface area contributed by atoms with Crippen LogP contribution in [0.5, 0.6) is 0 Å². The van der Waals surface area contributed by atoms with Gasteiger partial charge in [-0.2, -0.15) is 0 Å². The van der Waals surface area contributed by atoms with Gasteiger partial charge in [-0.1, -0.05) is 12.1 Å². The van der Waals surface area contributed by atoms with Gasteiger partial charge in [0.15, 0.2) is 0 Å². The quantitative estimate of drug-likeness (QED) is 0.886. The molecule has 2 saturated heterocycles. The van der Waals surface area contributed by atoms with Gasteiger partial charge in [0.05, 0.1) is 12.1 Å². The number of aromatic nitrogens is 2. The van der Waals surface area contributed by atoms with Gasteiger partial charge in [0.1, 0.15) is 12.1 Å². The molecule has 2 aliphatic rings. The van der Waals surface area contributed by atoms with Gasteiger partial charge in [-0.25, -0.2) is 9.97 Å². The second-order valence-electron chi connectivity index (χ2n) is 7.32. The van der Waals surface area contributed by atoms with Crippen molar-refractivity contribution in [1.29, 1.82) is 0 Å². The second kappa shape index (κ2) is 7.62. The lowest BCUT2D eigenvalue weighted by molar-refractivity contribution is 0.00925. The predicted molar refractivity (Wildman–Crippen MR) is 103 cm³/mol. The van der Waals surface area contributed by atoms with Crippen LogP contribution in [0.1, 0.15) is 22.3 Å². The first-order valence-electron chi connectivity index (χ1n) is 9.33. The molecule has 7 nitrogen and oxygen atoms in total. The average molecular weight is 367 g/mol. The van der Waals surface area contributed by atoms with Gasteiger partial charge in [-0.3, -0.25) is 9.69 Å². The number of anilines is 1. The van der Waals surface area contributed by atoms with Gasteiger partial charge in [-0.15, -0.1) is 0 Å². The first-order chi connectivity index (χ1) is 13.2. The zero-order valence-electron chi connectivity index (χ0n) is 15.6. The van der Waals surface area contributed by atoms with Crippen molar-refractivity contribution in [3.05, 3.63) is 54.0 Å². The van der Waals surface area contributed by atoms with Gasteiger partial charge in [-0.05, 0) is 37.2 Å². The lowest BCUT2D eigenvalue weighted by Gasteiger charge is -2.46. The first kappa shape index (κ1) is 17.9. The number of hydrogen-bond donors (Lipinski definition) is 1. The summed E-state index contributed by atoms with van der Waals surface area (Å²) in [4.78, 5) is 25.5. The highest BCUT2D eigenvalue weighted by atomic mass is 16.5. The zero-order chi connectivity index (χ0) is 18.7. The lowest BCUT2D eigenvalue weighted by Crippen LogP contribution is -2.62. The predicted octanol–water partition coefficient (Wildman–Crippen LogP) is 1.64. The number of piperazine rings is 1. The normalized spacial score (nSPS) is 22.9. The summed E-state index contributed by atoms with van der Waals surface area (Å²) in [5.74, 6) is 0.863. The SMILES string of the molecule is CN1CCN(C(=O)c2cccc(CNc3ccncn3)c2)C[C@@]12CCOC2. The molecule has 0 saturated carbocycles. The maximum absolute atomic E-state index is 13.1. The molecule has 1 aromatic heterocycles.